The average molecular weight is 366 g/mol. The van der Waals surface area contributed by atoms with Crippen LogP contribution >= 0.6 is 0 Å². The third-order valence-electron chi connectivity index (χ3n) is 5.05. The van der Waals surface area contributed by atoms with Gasteiger partial charge >= 0.3 is 0 Å². The molecule has 2 aromatic carbocycles. The zero-order valence-corrected chi connectivity index (χ0v) is 15.1. The lowest BCUT2D eigenvalue weighted by molar-refractivity contribution is -0.123. The Morgan fingerprint density at radius 3 is 2.81 bits per heavy atom. The van der Waals surface area contributed by atoms with Crippen LogP contribution in [0.1, 0.15) is 24.5 Å². The van der Waals surface area contributed by atoms with E-state index in [2.05, 4.69) is 5.32 Å². The summed E-state index contributed by atoms with van der Waals surface area (Å²) in [5, 5.41) is 11.8. The summed E-state index contributed by atoms with van der Waals surface area (Å²) in [7, 11) is 0. The number of nitrogens with zero attached hydrogens (tertiary/aromatic N) is 1. The maximum absolute atomic E-state index is 12.8. The second-order valence-electron chi connectivity index (χ2n) is 6.84. The van der Waals surface area contributed by atoms with Crippen LogP contribution in [-0.4, -0.2) is 41.8 Å². The molecule has 0 aromatic heterocycles. The molecule has 0 saturated carbocycles. The first-order chi connectivity index (χ1) is 13.1. The number of hydrogen-bond donors (Lipinski definition) is 2. The van der Waals surface area contributed by atoms with E-state index in [9.17, 15) is 4.79 Å². The van der Waals surface area contributed by atoms with Crippen molar-refractivity contribution < 1.29 is 19.4 Å². The highest BCUT2D eigenvalue weighted by Gasteiger charge is 2.52. The van der Waals surface area contributed by atoms with Crippen molar-refractivity contribution >= 4 is 17.5 Å². The number of anilines is 1. The molecule has 6 nitrogen and oxygen atoms in total. The predicted octanol–water partition coefficient (Wildman–Crippen LogP) is 2.55. The molecule has 2 aliphatic heterocycles. The second-order valence-corrected chi connectivity index (χ2v) is 6.84. The van der Waals surface area contributed by atoms with Crippen LogP contribution < -0.4 is 10.1 Å². The fraction of sp³-hybridized carbons (Fsp3) is 0.333. The highest BCUT2D eigenvalue weighted by molar-refractivity contribution is 6.06. The van der Waals surface area contributed by atoms with Gasteiger partial charge in [-0.3, -0.25) is 4.79 Å². The van der Waals surface area contributed by atoms with Gasteiger partial charge in [0.1, 0.15) is 11.9 Å². The molecule has 1 amide bonds. The quantitative estimate of drug-likeness (QED) is 0.797. The number of aliphatic imine (C=N–C) groups is 1. The van der Waals surface area contributed by atoms with E-state index in [1.165, 1.54) is 0 Å². The Labute approximate surface area is 157 Å². The van der Waals surface area contributed by atoms with Crippen LogP contribution in [0.2, 0.25) is 0 Å². The van der Waals surface area contributed by atoms with Gasteiger partial charge in [-0.15, -0.1) is 0 Å². The molecule has 2 atom stereocenters. The fourth-order valence-corrected chi connectivity index (χ4v) is 3.46. The molecular formula is C21H22N2O4. The smallest absolute Gasteiger partial charge is 0.256 e. The molecule has 0 fully saturated rings. The Bertz CT molecular complexity index is 878. The van der Waals surface area contributed by atoms with Gasteiger partial charge in [0.2, 0.25) is 5.90 Å². The minimum Gasteiger partial charge on any atom is -0.494 e. The molecule has 2 aliphatic rings. The lowest BCUT2D eigenvalue weighted by Gasteiger charge is -2.33. The van der Waals surface area contributed by atoms with Crippen LogP contribution in [0.15, 0.2) is 53.5 Å². The number of carbonyl (C=O) groups excluding carboxylic acids is 1. The van der Waals surface area contributed by atoms with Crippen molar-refractivity contribution in [1.82, 2.24) is 0 Å². The first-order valence-electron chi connectivity index (χ1n) is 9.12. The van der Waals surface area contributed by atoms with Crippen LogP contribution in [0.25, 0.3) is 0 Å². The number of para-hydroxylation sites is 1. The number of hydrogen-bond acceptors (Lipinski definition) is 5. The molecule has 0 radical (unpaired) electrons. The normalized spacial score (nSPS) is 23.4. The van der Waals surface area contributed by atoms with Crippen LogP contribution in [0.3, 0.4) is 0 Å². The van der Waals surface area contributed by atoms with E-state index in [-0.39, 0.29) is 18.6 Å². The van der Waals surface area contributed by atoms with Gasteiger partial charge < -0.3 is 19.9 Å². The number of aliphatic hydroxyl groups excluding tert-OH is 1. The van der Waals surface area contributed by atoms with E-state index in [0.717, 1.165) is 22.6 Å². The summed E-state index contributed by atoms with van der Waals surface area (Å²) in [5.41, 5.74) is 1.76. The first-order valence-corrected chi connectivity index (χ1v) is 9.12. The van der Waals surface area contributed by atoms with Crippen molar-refractivity contribution in [3.05, 3.63) is 59.7 Å². The summed E-state index contributed by atoms with van der Waals surface area (Å²) in [6.07, 6.45) is 0.747. The van der Waals surface area contributed by atoms with Gasteiger partial charge in [-0.1, -0.05) is 18.2 Å². The third kappa shape index (κ3) is 3.17. The van der Waals surface area contributed by atoms with Gasteiger partial charge in [0.25, 0.3) is 5.91 Å². The topological polar surface area (TPSA) is 80.2 Å². The van der Waals surface area contributed by atoms with Crippen molar-refractivity contribution in [1.29, 1.82) is 0 Å². The first kappa shape index (κ1) is 17.5. The number of rotatable bonds is 5. The molecule has 0 unspecified atom stereocenters. The number of carbonyl (C=O) groups is 1. The van der Waals surface area contributed by atoms with E-state index in [4.69, 9.17) is 19.6 Å². The monoisotopic (exact) mass is 366 g/mol. The minimum absolute atomic E-state index is 0.105. The molecule has 1 spiro atoms. The molecule has 0 aliphatic carbocycles. The van der Waals surface area contributed by atoms with Crippen LogP contribution in [0.5, 0.6) is 5.75 Å². The largest absolute Gasteiger partial charge is 0.494 e. The Kier molecular flexibility index (Phi) is 4.58. The van der Waals surface area contributed by atoms with E-state index in [0.29, 0.717) is 25.3 Å². The number of amides is 1. The lowest BCUT2D eigenvalue weighted by Crippen LogP contribution is -2.52. The Balaban J connectivity index is 1.58. The van der Waals surface area contributed by atoms with Gasteiger partial charge in [-0.05, 0) is 42.8 Å². The Morgan fingerprint density at radius 1 is 1.26 bits per heavy atom. The van der Waals surface area contributed by atoms with Gasteiger partial charge in [-0.25, -0.2) is 4.99 Å². The molecule has 2 N–H and O–H groups in total. The molecule has 0 saturated heterocycles. The van der Waals surface area contributed by atoms with Crippen molar-refractivity contribution in [3.8, 4) is 5.75 Å². The van der Waals surface area contributed by atoms with E-state index < -0.39 is 5.54 Å². The van der Waals surface area contributed by atoms with Crippen LogP contribution in [0, 0.1) is 0 Å². The van der Waals surface area contributed by atoms with Crippen LogP contribution in [-0.2, 0) is 16.0 Å². The summed E-state index contributed by atoms with van der Waals surface area (Å²) >= 11 is 0. The highest BCUT2D eigenvalue weighted by atomic mass is 16.5. The zero-order chi connectivity index (χ0) is 18.9. The summed E-state index contributed by atoms with van der Waals surface area (Å²) in [4.78, 5) is 17.6. The molecular weight excluding hydrogens is 344 g/mol. The number of fused-ring (bicyclic) bond motifs is 1. The third-order valence-corrected chi connectivity index (χ3v) is 5.05. The molecule has 0 bridgehead atoms. The SMILES string of the molecule is C[C@@H]1OC(c2ccc(OCCCO)cc2)=N[C@@]12Cc1ccccc1NC2=O. The molecule has 6 heteroatoms. The number of benzene rings is 2. The molecule has 27 heavy (non-hydrogen) atoms. The second kappa shape index (κ2) is 7.04. The number of ether oxygens (including phenoxy) is 2. The van der Waals surface area contributed by atoms with Crippen molar-refractivity contribution in [3.63, 3.8) is 0 Å². The lowest BCUT2D eigenvalue weighted by atomic mass is 9.82. The average Bonchev–Trinajstić information content (AvgIpc) is 3.01. The molecule has 4 rings (SSSR count). The van der Waals surface area contributed by atoms with E-state index in [1.54, 1.807) is 0 Å². The summed E-state index contributed by atoms with van der Waals surface area (Å²) in [6, 6.07) is 15.2. The molecule has 2 heterocycles. The number of nitrogens with one attached hydrogen (secondary N) is 1. The van der Waals surface area contributed by atoms with Gasteiger partial charge in [0.05, 0.1) is 6.61 Å². The minimum atomic E-state index is -0.944. The van der Waals surface area contributed by atoms with Crippen LogP contribution in [0.4, 0.5) is 5.69 Å². The Hall–Kier alpha value is -2.86. The fourth-order valence-electron chi connectivity index (χ4n) is 3.46. The zero-order valence-electron chi connectivity index (χ0n) is 15.1. The molecule has 2 aromatic rings. The number of aliphatic hydroxyl groups is 1. The predicted molar refractivity (Wildman–Crippen MR) is 102 cm³/mol. The van der Waals surface area contributed by atoms with Gasteiger partial charge in [0.15, 0.2) is 5.54 Å². The van der Waals surface area contributed by atoms with Gasteiger partial charge in [-0.2, -0.15) is 0 Å². The van der Waals surface area contributed by atoms with Crippen molar-refractivity contribution in [2.75, 3.05) is 18.5 Å². The van der Waals surface area contributed by atoms with E-state index >= 15 is 0 Å². The maximum Gasteiger partial charge on any atom is 0.256 e. The van der Waals surface area contributed by atoms with E-state index in [1.807, 2.05) is 55.5 Å². The van der Waals surface area contributed by atoms with Crippen molar-refractivity contribution in [2.45, 2.75) is 31.4 Å². The summed E-state index contributed by atoms with van der Waals surface area (Å²) in [5.74, 6) is 1.06. The summed E-state index contributed by atoms with van der Waals surface area (Å²) < 4.78 is 11.5. The van der Waals surface area contributed by atoms with Gasteiger partial charge in [0, 0.05) is 30.7 Å². The van der Waals surface area contributed by atoms with Crippen molar-refractivity contribution in [2.24, 2.45) is 4.99 Å². The highest BCUT2D eigenvalue weighted by Crippen LogP contribution is 2.38. The standard InChI is InChI=1S/C21H22N2O4/c1-14-21(13-16-5-2-3-6-18(16)22-20(21)25)23-19(27-14)15-7-9-17(10-8-15)26-12-4-11-24/h2-3,5-10,14,24H,4,11-13H2,1H3,(H,22,25)/t14-,21-/m0/s1. The Morgan fingerprint density at radius 2 is 2.04 bits per heavy atom. The molecule has 140 valence electrons. The summed E-state index contributed by atoms with van der Waals surface area (Å²) in [6.45, 7) is 2.46. The maximum atomic E-state index is 12.8.